The van der Waals surface area contributed by atoms with Gasteiger partial charge in [0.15, 0.2) is 0 Å². The third-order valence-electron chi connectivity index (χ3n) is 3.43. The summed E-state index contributed by atoms with van der Waals surface area (Å²) in [5.41, 5.74) is 17.4. The van der Waals surface area contributed by atoms with E-state index in [0.717, 1.165) is 12.8 Å². The van der Waals surface area contributed by atoms with Crippen molar-refractivity contribution in [3.63, 3.8) is 0 Å². The first-order chi connectivity index (χ1) is 8.93. The maximum Gasteiger partial charge on any atom is 0.137 e. The Kier molecular flexibility index (Phi) is 4.84. The molecule has 0 aromatic carbocycles. The molecule has 116 valence electrons. The van der Waals surface area contributed by atoms with E-state index in [-0.39, 0.29) is 33.8 Å². The first kappa shape index (κ1) is 16.9. The third-order valence-corrected chi connectivity index (χ3v) is 3.54. The molecule has 20 heavy (non-hydrogen) atoms. The summed E-state index contributed by atoms with van der Waals surface area (Å²) in [6, 6.07) is 0.0877. The molecular formula is C13H27ClN6. The summed E-state index contributed by atoms with van der Waals surface area (Å²) in [5, 5.41) is 5.19. The van der Waals surface area contributed by atoms with Crippen molar-refractivity contribution in [1.29, 1.82) is 0 Å². The standard InChI is InChI=1S/C13H27ClN6/c1-12(2)6-8(7-13(3,4)19-12)20(18)11(17)9(15)5-10(14)16/h5,8,19H,6-7,15-18H2,1-4H3/b10-5-,11-9-. The molecule has 0 saturated carbocycles. The molecule has 1 fully saturated rings. The molecule has 0 aromatic heterocycles. The summed E-state index contributed by atoms with van der Waals surface area (Å²) >= 11 is 5.60. The largest absolute Gasteiger partial charge is 0.396 e. The van der Waals surface area contributed by atoms with E-state index in [2.05, 4.69) is 33.0 Å². The van der Waals surface area contributed by atoms with Crippen molar-refractivity contribution >= 4 is 11.6 Å². The van der Waals surface area contributed by atoms with Crippen LogP contribution < -0.4 is 28.4 Å². The van der Waals surface area contributed by atoms with Crippen LogP contribution in [-0.4, -0.2) is 22.1 Å². The van der Waals surface area contributed by atoms with E-state index in [1.165, 1.54) is 11.1 Å². The van der Waals surface area contributed by atoms with Crippen LogP contribution in [0, 0.1) is 0 Å². The Hall–Kier alpha value is -1.11. The van der Waals surface area contributed by atoms with Crippen LogP contribution in [0.4, 0.5) is 0 Å². The van der Waals surface area contributed by atoms with E-state index in [1.807, 2.05) is 0 Å². The zero-order valence-corrected chi connectivity index (χ0v) is 13.5. The molecular weight excluding hydrogens is 276 g/mol. The summed E-state index contributed by atoms with van der Waals surface area (Å²) in [5.74, 6) is 6.42. The number of nitrogens with zero attached hydrogens (tertiary/aromatic N) is 1. The second-order valence-corrected chi connectivity index (χ2v) is 7.17. The van der Waals surface area contributed by atoms with Crippen LogP contribution >= 0.6 is 11.6 Å². The lowest BCUT2D eigenvalue weighted by atomic mass is 9.79. The fourth-order valence-electron chi connectivity index (χ4n) is 3.03. The van der Waals surface area contributed by atoms with Gasteiger partial charge in [0, 0.05) is 11.1 Å². The highest BCUT2D eigenvalue weighted by Crippen LogP contribution is 2.31. The van der Waals surface area contributed by atoms with Gasteiger partial charge in [-0.2, -0.15) is 0 Å². The summed E-state index contributed by atoms with van der Waals surface area (Å²) < 4.78 is 0. The predicted molar refractivity (Wildman–Crippen MR) is 83.9 cm³/mol. The Morgan fingerprint density at radius 2 is 1.60 bits per heavy atom. The maximum absolute atomic E-state index is 6.14. The molecule has 0 unspecified atom stereocenters. The Balaban J connectivity index is 2.97. The second-order valence-electron chi connectivity index (χ2n) is 6.73. The highest BCUT2D eigenvalue weighted by atomic mass is 35.5. The van der Waals surface area contributed by atoms with Crippen LogP contribution in [0.1, 0.15) is 40.5 Å². The lowest BCUT2D eigenvalue weighted by Crippen LogP contribution is -2.63. The highest BCUT2D eigenvalue weighted by molar-refractivity contribution is 6.29. The molecule has 1 rings (SSSR count). The molecule has 7 heteroatoms. The second kappa shape index (κ2) is 5.71. The van der Waals surface area contributed by atoms with Crippen LogP contribution in [0.3, 0.4) is 0 Å². The molecule has 0 radical (unpaired) electrons. The quantitative estimate of drug-likeness (QED) is 0.225. The summed E-state index contributed by atoms with van der Waals surface area (Å²) in [4.78, 5) is 0. The van der Waals surface area contributed by atoms with E-state index in [9.17, 15) is 0 Å². The van der Waals surface area contributed by atoms with Crippen molar-refractivity contribution in [2.75, 3.05) is 0 Å². The highest BCUT2D eigenvalue weighted by Gasteiger charge is 2.39. The van der Waals surface area contributed by atoms with Crippen molar-refractivity contribution in [2.45, 2.75) is 57.7 Å². The van der Waals surface area contributed by atoms with Crippen molar-refractivity contribution in [3.05, 3.63) is 22.8 Å². The number of hydrazine groups is 1. The molecule has 1 aliphatic rings. The molecule has 0 spiro atoms. The number of rotatable bonds is 3. The maximum atomic E-state index is 6.14. The summed E-state index contributed by atoms with van der Waals surface area (Å²) in [6.45, 7) is 8.59. The minimum Gasteiger partial charge on any atom is -0.396 e. The van der Waals surface area contributed by atoms with E-state index < -0.39 is 0 Å². The van der Waals surface area contributed by atoms with Gasteiger partial charge in [0.05, 0.1) is 11.7 Å². The first-order valence-electron chi connectivity index (χ1n) is 6.65. The fraction of sp³-hybridized carbons (Fsp3) is 0.692. The number of nitrogens with one attached hydrogen (secondary N) is 1. The van der Waals surface area contributed by atoms with Crippen LogP contribution in [-0.2, 0) is 0 Å². The Morgan fingerprint density at radius 1 is 1.15 bits per heavy atom. The Morgan fingerprint density at radius 3 is 2.00 bits per heavy atom. The molecule has 0 atom stereocenters. The van der Waals surface area contributed by atoms with Gasteiger partial charge in [-0.1, -0.05) is 11.6 Å². The van der Waals surface area contributed by atoms with E-state index in [1.54, 1.807) is 0 Å². The minimum absolute atomic E-state index is 0.0274. The SMILES string of the molecule is CC1(C)CC(N(N)/C(N)=C(N)/C=C(\N)Cl)CC(C)(C)N1. The number of hydrogen-bond donors (Lipinski definition) is 5. The van der Waals surface area contributed by atoms with Gasteiger partial charge in [-0.25, -0.2) is 5.84 Å². The van der Waals surface area contributed by atoms with Crippen LogP contribution in [0.15, 0.2) is 22.8 Å². The zero-order valence-electron chi connectivity index (χ0n) is 12.7. The first-order valence-corrected chi connectivity index (χ1v) is 7.02. The van der Waals surface area contributed by atoms with Gasteiger partial charge in [0.25, 0.3) is 0 Å². The monoisotopic (exact) mass is 302 g/mol. The summed E-state index contributed by atoms with van der Waals surface area (Å²) in [6.07, 6.45) is 3.12. The Labute approximate surface area is 126 Å². The number of nitrogens with two attached hydrogens (primary N) is 4. The lowest BCUT2D eigenvalue weighted by molar-refractivity contribution is 0.0845. The van der Waals surface area contributed by atoms with E-state index in [4.69, 9.17) is 34.6 Å². The van der Waals surface area contributed by atoms with Gasteiger partial charge < -0.3 is 22.5 Å². The predicted octanol–water partition coefficient (Wildman–Crippen LogP) is 0.597. The van der Waals surface area contributed by atoms with Crippen molar-refractivity contribution in [1.82, 2.24) is 10.3 Å². The van der Waals surface area contributed by atoms with Gasteiger partial charge in [-0.05, 0) is 46.6 Å². The van der Waals surface area contributed by atoms with Crippen molar-refractivity contribution in [3.8, 4) is 0 Å². The topological polar surface area (TPSA) is 119 Å². The summed E-state index contributed by atoms with van der Waals surface area (Å²) in [7, 11) is 0. The molecule has 1 saturated heterocycles. The normalized spacial score (nSPS) is 24.2. The Bertz CT molecular complexity index is 407. The van der Waals surface area contributed by atoms with Crippen molar-refractivity contribution < 1.29 is 0 Å². The van der Waals surface area contributed by atoms with E-state index >= 15 is 0 Å². The smallest absolute Gasteiger partial charge is 0.137 e. The molecule has 9 N–H and O–H groups in total. The lowest BCUT2D eigenvalue weighted by Gasteiger charge is -2.49. The zero-order chi connectivity index (χ0) is 15.7. The molecule has 6 nitrogen and oxygen atoms in total. The minimum atomic E-state index is -0.0274. The van der Waals surface area contributed by atoms with Gasteiger partial charge in [0.2, 0.25) is 0 Å². The van der Waals surface area contributed by atoms with Crippen LogP contribution in [0.2, 0.25) is 0 Å². The molecule has 0 amide bonds. The van der Waals surface area contributed by atoms with Crippen LogP contribution in [0.5, 0.6) is 0 Å². The molecule has 0 aromatic rings. The van der Waals surface area contributed by atoms with Gasteiger partial charge in [0.1, 0.15) is 11.0 Å². The van der Waals surface area contributed by atoms with Gasteiger partial charge in [-0.3, -0.25) is 5.01 Å². The number of halogens is 1. The number of hydrogen-bond acceptors (Lipinski definition) is 6. The van der Waals surface area contributed by atoms with Crippen molar-refractivity contribution in [2.24, 2.45) is 23.0 Å². The number of allylic oxidation sites excluding steroid dienone is 1. The van der Waals surface area contributed by atoms with Gasteiger partial charge >= 0.3 is 0 Å². The fourth-order valence-corrected chi connectivity index (χ4v) is 3.15. The van der Waals surface area contributed by atoms with Gasteiger partial charge in [-0.15, -0.1) is 0 Å². The molecule has 0 bridgehead atoms. The molecule has 1 heterocycles. The average Bonchev–Trinajstić information content (AvgIpc) is 2.21. The molecule has 1 aliphatic heterocycles. The van der Waals surface area contributed by atoms with E-state index in [0.29, 0.717) is 0 Å². The number of piperidine rings is 1. The molecule has 0 aliphatic carbocycles. The van der Waals surface area contributed by atoms with Crippen LogP contribution in [0.25, 0.3) is 0 Å². The average molecular weight is 303 g/mol. The third kappa shape index (κ3) is 4.47.